The number of benzene rings is 1. The Morgan fingerprint density at radius 3 is 2.38 bits per heavy atom. The van der Waals surface area contributed by atoms with Crippen molar-refractivity contribution < 1.29 is 10.2 Å². The van der Waals surface area contributed by atoms with Gasteiger partial charge in [-0.25, -0.2) is 0 Å². The number of nitrogens with two attached hydrogens (primary N) is 3. The Morgan fingerprint density at radius 1 is 1.25 bits per heavy atom. The summed E-state index contributed by atoms with van der Waals surface area (Å²) in [6.45, 7) is 2.12. The van der Waals surface area contributed by atoms with Gasteiger partial charge in [0.2, 0.25) is 0 Å². The lowest BCUT2D eigenvalue weighted by molar-refractivity contribution is 0.0150. The average molecular weight is 225 g/mol. The van der Waals surface area contributed by atoms with Crippen molar-refractivity contribution >= 4 is 11.4 Å². The van der Waals surface area contributed by atoms with E-state index in [1.54, 1.807) is 19.1 Å². The van der Waals surface area contributed by atoms with Crippen LogP contribution in [0.1, 0.15) is 23.7 Å². The molecule has 2 unspecified atom stereocenters. The summed E-state index contributed by atoms with van der Waals surface area (Å²) < 4.78 is 0. The van der Waals surface area contributed by atoms with Gasteiger partial charge in [-0.1, -0.05) is 6.07 Å². The second kappa shape index (κ2) is 5.16. The van der Waals surface area contributed by atoms with Gasteiger partial charge in [0.15, 0.2) is 0 Å². The average Bonchev–Trinajstić information content (AvgIpc) is 2.24. The van der Waals surface area contributed by atoms with E-state index in [-0.39, 0.29) is 0 Å². The Balaban J connectivity index is 2.96. The van der Waals surface area contributed by atoms with E-state index in [0.29, 0.717) is 29.9 Å². The fourth-order valence-electron chi connectivity index (χ4n) is 1.58. The predicted molar refractivity (Wildman–Crippen MR) is 64.6 cm³/mol. The van der Waals surface area contributed by atoms with Gasteiger partial charge in [-0.3, -0.25) is 0 Å². The van der Waals surface area contributed by atoms with Crippen LogP contribution in [0.15, 0.2) is 12.1 Å². The minimum atomic E-state index is -0.981. The number of anilines is 2. The molecule has 0 aliphatic heterocycles. The van der Waals surface area contributed by atoms with Crippen molar-refractivity contribution in [3.05, 3.63) is 23.3 Å². The van der Waals surface area contributed by atoms with E-state index in [0.717, 1.165) is 5.56 Å². The highest BCUT2D eigenvalue weighted by Gasteiger charge is 2.18. The monoisotopic (exact) mass is 225 g/mol. The smallest absolute Gasteiger partial charge is 0.105 e. The summed E-state index contributed by atoms with van der Waals surface area (Å²) in [4.78, 5) is 0. The summed E-state index contributed by atoms with van der Waals surface area (Å²) in [6, 6.07) is 3.29. The quantitative estimate of drug-likeness (QED) is 0.459. The van der Waals surface area contributed by atoms with Crippen LogP contribution in [0.3, 0.4) is 0 Å². The molecule has 0 amide bonds. The lowest BCUT2D eigenvalue weighted by Gasteiger charge is -2.19. The van der Waals surface area contributed by atoms with Gasteiger partial charge in [-0.15, -0.1) is 0 Å². The molecule has 0 saturated heterocycles. The molecule has 0 radical (unpaired) electrons. The third-order valence-electron chi connectivity index (χ3n) is 2.61. The van der Waals surface area contributed by atoms with Gasteiger partial charge < -0.3 is 27.4 Å². The molecule has 16 heavy (non-hydrogen) atoms. The fourth-order valence-corrected chi connectivity index (χ4v) is 1.58. The molecule has 0 fully saturated rings. The Hall–Kier alpha value is -1.30. The van der Waals surface area contributed by atoms with Gasteiger partial charge in [0.05, 0.1) is 17.5 Å². The number of hydrogen-bond donors (Lipinski definition) is 5. The topological polar surface area (TPSA) is 119 Å². The van der Waals surface area contributed by atoms with E-state index >= 15 is 0 Å². The number of aliphatic hydroxyl groups excluding tert-OH is 2. The number of aryl methyl sites for hydroxylation is 1. The molecule has 1 rings (SSSR count). The molecule has 90 valence electrons. The van der Waals surface area contributed by atoms with E-state index < -0.39 is 12.2 Å². The van der Waals surface area contributed by atoms with E-state index in [2.05, 4.69) is 0 Å². The summed E-state index contributed by atoms with van der Waals surface area (Å²) in [7, 11) is 0. The zero-order valence-electron chi connectivity index (χ0n) is 9.35. The Bertz CT molecular complexity index is 345. The van der Waals surface area contributed by atoms with Crippen molar-refractivity contribution in [2.45, 2.75) is 25.6 Å². The summed E-state index contributed by atoms with van der Waals surface area (Å²) in [6.07, 6.45) is -1.53. The second-order valence-corrected chi connectivity index (χ2v) is 3.93. The van der Waals surface area contributed by atoms with Gasteiger partial charge in [-0.2, -0.15) is 0 Å². The highest BCUT2D eigenvalue weighted by Crippen LogP contribution is 2.27. The molecule has 5 heteroatoms. The minimum absolute atomic E-state index is 0.321. The maximum absolute atomic E-state index is 9.86. The molecule has 0 aliphatic rings. The molecule has 0 aromatic heterocycles. The Morgan fingerprint density at radius 2 is 1.88 bits per heavy atom. The van der Waals surface area contributed by atoms with E-state index in [9.17, 15) is 10.2 Å². The largest absolute Gasteiger partial charge is 0.397 e. The third-order valence-corrected chi connectivity index (χ3v) is 2.61. The molecule has 0 heterocycles. The van der Waals surface area contributed by atoms with Crippen LogP contribution in [0.5, 0.6) is 0 Å². The number of rotatable bonds is 4. The molecule has 5 nitrogen and oxygen atoms in total. The maximum atomic E-state index is 9.86. The minimum Gasteiger partial charge on any atom is -0.397 e. The molecular formula is C11H19N3O2. The van der Waals surface area contributed by atoms with Crippen molar-refractivity contribution in [1.29, 1.82) is 0 Å². The number of aliphatic hydroxyl groups is 2. The first-order chi connectivity index (χ1) is 7.47. The summed E-state index contributed by atoms with van der Waals surface area (Å²) >= 11 is 0. The predicted octanol–water partition coefficient (Wildman–Crippen LogP) is -0.0975. The SMILES string of the molecule is Cc1cc(C(O)C(O)CCN)cc(N)c1N. The summed E-state index contributed by atoms with van der Waals surface area (Å²) in [5.41, 5.74) is 19.0. The zero-order valence-corrected chi connectivity index (χ0v) is 9.35. The molecule has 0 aliphatic carbocycles. The van der Waals surface area contributed by atoms with Crippen molar-refractivity contribution in [1.82, 2.24) is 0 Å². The summed E-state index contributed by atoms with van der Waals surface area (Å²) in [5.74, 6) is 0. The Labute approximate surface area is 94.9 Å². The van der Waals surface area contributed by atoms with Crippen molar-refractivity contribution in [3.63, 3.8) is 0 Å². The highest BCUT2D eigenvalue weighted by atomic mass is 16.3. The van der Waals surface area contributed by atoms with Crippen LogP contribution in [0.25, 0.3) is 0 Å². The van der Waals surface area contributed by atoms with E-state index in [4.69, 9.17) is 17.2 Å². The van der Waals surface area contributed by atoms with Crippen LogP contribution >= 0.6 is 0 Å². The van der Waals surface area contributed by atoms with Crippen LogP contribution in [-0.2, 0) is 0 Å². The van der Waals surface area contributed by atoms with Gasteiger partial charge in [0, 0.05) is 0 Å². The van der Waals surface area contributed by atoms with E-state index in [1.807, 2.05) is 0 Å². The zero-order chi connectivity index (χ0) is 12.3. The fraction of sp³-hybridized carbons (Fsp3) is 0.455. The third kappa shape index (κ3) is 2.63. The normalized spacial score (nSPS) is 14.8. The van der Waals surface area contributed by atoms with Gasteiger partial charge in [0.25, 0.3) is 0 Å². The molecule has 2 atom stereocenters. The van der Waals surface area contributed by atoms with Crippen LogP contribution in [0, 0.1) is 6.92 Å². The van der Waals surface area contributed by atoms with Crippen molar-refractivity contribution in [2.75, 3.05) is 18.0 Å². The molecule has 0 bridgehead atoms. The van der Waals surface area contributed by atoms with Crippen LogP contribution in [0.2, 0.25) is 0 Å². The van der Waals surface area contributed by atoms with Crippen LogP contribution < -0.4 is 17.2 Å². The second-order valence-electron chi connectivity index (χ2n) is 3.93. The first-order valence-corrected chi connectivity index (χ1v) is 5.19. The number of hydrogen-bond acceptors (Lipinski definition) is 5. The Kier molecular flexibility index (Phi) is 4.12. The lowest BCUT2D eigenvalue weighted by Crippen LogP contribution is -2.22. The van der Waals surface area contributed by atoms with E-state index in [1.165, 1.54) is 0 Å². The molecule has 1 aromatic carbocycles. The maximum Gasteiger partial charge on any atom is 0.105 e. The van der Waals surface area contributed by atoms with Crippen molar-refractivity contribution in [3.8, 4) is 0 Å². The summed E-state index contributed by atoms with van der Waals surface area (Å²) in [5, 5.41) is 19.5. The highest BCUT2D eigenvalue weighted by molar-refractivity contribution is 5.68. The first-order valence-electron chi connectivity index (χ1n) is 5.19. The van der Waals surface area contributed by atoms with Gasteiger partial charge in [0.1, 0.15) is 6.10 Å². The van der Waals surface area contributed by atoms with Crippen LogP contribution in [0.4, 0.5) is 11.4 Å². The lowest BCUT2D eigenvalue weighted by atomic mass is 9.99. The standard InChI is InChI=1S/C11H19N3O2/c1-6-4-7(5-8(13)10(6)14)11(16)9(15)2-3-12/h4-5,9,11,15-16H,2-3,12-14H2,1H3. The van der Waals surface area contributed by atoms with Gasteiger partial charge >= 0.3 is 0 Å². The molecule has 1 aromatic rings. The van der Waals surface area contributed by atoms with Gasteiger partial charge in [-0.05, 0) is 37.1 Å². The molecular weight excluding hydrogens is 206 g/mol. The molecule has 8 N–H and O–H groups in total. The van der Waals surface area contributed by atoms with Crippen LogP contribution in [-0.4, -0.2) is 22.9 Å². The molecule has 0 spiro atoms. The number of nitrogen functional groups attached to an aromatic ring is 2. The van der Waals surface area contributed by atoms with Crippen molar-refractivity contribution in [2.24, 2.45) is 5.73 Å². The first kappa shape index (κ1) is 12.8. The molecule has 0 saturated carbocycles.